The summed E-state index contributed by atoms with van der Waals surface area (Å²) in [6.45, 7) is 0. The molecule has 7 rings (SSSR count). The van der Waals surface area contributed by atoms with Crippen LogP contribution in [0.15, 0.2) is 91.9 Å². The number of benzene rings is 2. The van der Waals surface area contributed by atoms with Crippen LogP contribution in [0.3, 0.4) is 0 Å². The van der Waals surface area contributed by atoms with Crippen LogP contribution in [0.4, 0.5) is 5.69 Å². The Balaban J connectivity index is 1.37. The molecule has 0 N–H and O–H groups in total. The van der Waals surface area contributed by atoms with Gasteiger partial charge in [-0.15, -0.1) is 11.3 Å². The van der Waals surface area contributed by atoms with Crippen LogP contribution in [0.25, 0.3) is 23.1 Å². The maximum absolute atomic E-state index is 13.8. The van der Waals surface area contributed by atoms with E-state index in [1.807, 2.05) is 23.6 Å². The van der Waals surface area contributed by atoms with E-state index < -0.39 is 4.92 Å². The first-order chi connectivity index (χ1) is 19.0. The van der Waals surface area contributed by atoms with Crippen molar-refractivity contribution in [2.45, 2.75) is 18.9 Å². The van der Waals surface area contributed by atoms with Crippen LogP contribution >= 0.6 is 34.3 Å². The van der Waals surface area contributed by atoms with Gasteiger partial charge in [0.15, 0.2) is 4.80 Å². The second-order valence-corrected chi connectivity index (χ2v) is 11.7. The summed E-state index contributed by atoms with van der Waals surface area (Å²) in [5, 5.41) is 13.9. The van der Waals surface area contributed by atoms with E-state index in [4.69, 9.17) is 21.0 Å². The number of nitro benzene ring substituents is 1. The maximum Gasteiger partial charge on any atom is 0.281 e. The number of hydrogen-bond donors (Lipinski definition) is 0. The molecule has 0 radical (unpaired) electrons. The Kier molecular flexibility index (Phi) is 5.73. The average Bonchev–Trinajstić information content (AvgIpc) is 3.69. The molecule has 0 saturated heterocycles. The van der Waals surface area contributed by atoms with Crippen LogP contribution in [0.5, 0.6) is 0 Å². The van der Waals surface area contributed by atoms with Crippen LogP contribution in [0, 0.1) is 10.1 Å². The van der Waals surface area contributed by atoms with Gasteiger partial charge in [-0.1, -0.05) is 53.3 Å². The fourth-order valence-electron chi connectivity index (χ4n) is 5.29. The lowest BCUT2D eigenvalue weighted by Crippen LogP contribution is -2.38. The molecule has 0 saturated carbocycles. The first kappa shape index (κ1) is 24.0. The van der Waals surface area contributed by atoms with Gasteiger partial charge >= 0.3 is 0 Å². The molecule has 10 heteroatoms. The third kappa shape index (κ3) is 4.01. The molecule has 0 amide bonds. The van der Waals surface area contributed by atoms with Gasteiger partial charge in [0, 0.05) is 27.6 Å². The Morgan fingerprint density at radius 2 is 1.95 bits per heavy atom. The number of thiazole rings is 1. The predicted molar refractivity (Wildman–Crippen MR) is 153 cm³/mol. The molecule has 0 fully saturated rings. The average molecular weight is 572 g/mol. The molecule has 1 aliphatic carbocycles. The molecule has 4 heterocycles. The molecule has 39 heavy (non-hydrogen) atoms. The standard InChI is InChI=1S/C29H18ClN3O4S2/c30-17-8-11-20(22(14-17)33(35)36)23-12-9-18(37-23)15-25-28(34)32-27(24-6-3-13-38-24)21-10-7-16-4-1-2-5-19(16)26(21)31-29(32)39-25/h1-6,8-9,11-15,27H,7,10H2/b25-15+/t27-/m1/s1. The normalized spacial score (nSPS) is 16.4. The van der Waals surface area contributed by atoms with Crippen molar-refractivity contribution >= 4 is 51.7 Å². The monoisotopic (exact) mass is 571 g/mol. The van der Waals surface area contributed by atoms with E-state index in [0.717, 1.165) is 34.6 Å². The van der Waals surface area contributed by atoms with Crippen LogP contribution in [-0.4, -0.2) is 9.49 Å². The molecule has 192 valence electrons. The van der Waals surface area contributed by atoms with Gasteiger partial charge in [-0.25, -0.2) is 4.99 Å². The third-order valence-electron chi connectivity index (χ3n) is 7.01. The summed E-state index contributed by atoms with van der Waals surface area (Å²) >= 11 is 8.91. The second kappa shape index (κ2) is 9.30. The Labute approximate surface area is 234 Å². The first-order valence-corrected chi connectivity index (χ1v) is 14.3. The molecule has 1 aliphatic heterocycles. The van der Waals surface area contributed by atoms with E-state index in [9.17, 15) is 14.9 Å². The van der Waals surface area contributed by atoms with Gasteiger partial charge < -0.3 is 4.42 Å². The van der Waals surface area contributed by atoms with Gasteiger partial charge in [0.05, 0.1) is 26.8 Å². The number of fused-ring (bicyclic) bond motifs is 3. The van der Waals surface area contributed by atoms with Crippen LogP contribution in [0.1, 0.15) is 34.2 Å². The summed E-state index contributed by atoms with van der Waals surface area (Å²) in [7, 11) is 0. The number of nitro groups is 1. The molecular formula is C29H18ClN3O4S2. The van der Waals surface area contributed by atoms with Crippen molar-refractivity contribution < 1.29 is 9.34 Å². The molecule has 0 bridgehead atoms. The number of thiophene rings is 1. The lowest BCUT2D eigenvalue weighted by molar-refractivity contribution is -0.384. The highest BCUT2D eigenvalue weighted by Gasteiger charge is 2.33. The summed E-state index contributed by atoms with van der Waals surface area (Å²) in [5.74, 6) is 0.738. The summed E-state index contributed by atoms with van der Waals surface area (Å²) in [4.78, 5) is 31.6. The zero-order valence-electron chi connectivity index (χ0n) is 20.2. The number of allylic oxidation sites excluding steroid dienone is 1. The molecule has 7 nitrogen and oxygen atoms in total. The minimum Gasteiger partial charge on any atom is -0.456 e. The largest absolute Gasteiger partial charge is 0.456 e. The molecule has 3 aromatic heterocycles. The zero-order valence-corrected chi connectivity index (χ0v) is 22.6. The van der Waals surface area contributed by atoms with E-state index in [0.29, 0.717) is 26.4 Å². The summed E-state index contributed by atoms with van der Waals surface area (Å²) < 4.78 is 8.22. The Morgan fingerprint density at radius 3 is 2.77 bits per heavy atom. The third-order valence-corrected chi connectivity index (χ3v) is 9.15. The Bertz CT molecular complexity index is 2000. The number of halogens is 1. The number of nitrogens with zero attached hydrogens (tertiary/aromatic N) is 3. The quantitative estimate of drug-likeness (QED) is 0.190. The minimum atomic E-state index is -0.494. The Morgan fingerprint density at radius 1 is 1.08 bits per heavy atom. The number of aryl methyl sites for hydroxylation is 1. The van der Waals surface area contributed by atoms with E-state index in [1.165, 1.54) is 23.0 Å². The van der Waals surface area contributed by atoms with Gasteiger partial charge in [0.1, 0.15) is 11.5 Å². The number of furan rings is 1. The molecule has 0 spiro atoms. The van der Waals surface area contributed by atoms with Crippen molar-refractivity contribution in [1.29, 1.82) is 0 Å². The van der Waals surface area contributed by atoms with E-state index in [-0.39, 0.29) is 22.3 Å². The summed E-state index contributed by atoms with van der Waals surface area (Å²) in [6.07, 6.45) is 3.42. The van der Waals surface area contributed by atoms with Gasteiger partial charge in [-0.3, -0.25) is 19.5 Å². The van der Waals surface area contributed by atoms with E-state index >= 15 is 0 Å². The highest BCUT2D eigenvalue weighted by Crippen LogP contribution is 2.42. The molecule has 2 aromatic carbocycles. The van der Waals surface area contributed by atoms with E-state index in [1.54, 1.807) is 46.2 Å². The maximum atomic E-state index is 13.8. The van der Waals surface area contributed by atoms with Gasteiger partial charge in [0.2, 0.25) is 0 Å². The summed E-state index contributed by atoms with van der Waals surface area (Å²) in [6, 6.07) is 20.0. The lowest BCUT2D eigenvalue weighted by atomic mass is 9.85. The minimum absolute atomic E-state index is 0.141. The fraction of sp³-hybridized carbons (Fsp3) is 0.103. The SMILES string of the molecule is O=c1/c(=C\c2ccc(-c3ccc(Cl)cc3[N+](=O)[O-])o2)sc2n1[C@@H](c1cccs1)C1=C(N=2)c2ccccc2CC1. The van der Waals surface area contributed by atoms with Gasteiger partial charge in [-0.05, 0) is 59.7 Å². The lowest BCUT2D eigenvalue weighted by Gasteiger charge is -2.30. The summed E-state index contributed by atoms with van der Waals surface area (Å²) in [5.41, 5.74) is 4.53. The van der Waals surface area contributed by atoms with E-state index in [2.05, 4.69) is 18.2 Å². The topological polar surface area (TPSA) is 90.6 Å². The van der Waals surface area contributed by atoms with Crippen molar-refractivity contribution in [1.82, 2.24) is 4.57 Å². The van der Waals surface area contributed by atoms with Crippen LogP contribution < -0.4 is 14.9 Å². The second-order valence-electron chi connectivity index (χ2n) is 9.25. The van der Waals surface area contributed by atoms with Crippen molar-refractivity contribution in [2.75, 3.05) is 0 Å². The molecule has 0 unspecified atom stereocenters. The molecular weight excluding hydrogens is 554 g/mol. The Hall–Kier alpha value is -4.05. The molecule has 1 atom stereocenters. The zero-order chi connectivity index (χ0) is 26.7. The number of hydrogen-bond acceptors (Lipinski definition) is 7. The first-order valence-electron chi connectivity index (χ1n) is 12.2. The van der Waals surface area contributed by atoms with Gasteiger partial charge in [-0.2, -0.15) is 0 Å². The highest BCUT2D eigenvalue weighted by molar-refractivity contribution is 7.10. The van der Waals surface area contributed by atoms with Crippen LogP contribution in [-0.2, 0) is 6.42 Å². The fourth-order valence-corrected chi connectivity index (χ4v) is 7.28. The van der Waals surface area contributed by atoms with Crippen molar-refractivity contribution in [3.8, 4) is 11.3 Å². The smallest absolute Gasteiger partial charge is 0.281 e. The predicted octanol–water partition coefficient (Wildman–Crippen LogP) is 6.20. The molecule has 5 aromatic rings. The molecule has 2 aliphatic rings. The number of rotatable bonds is 4. The van der Waals surface area contributed by atoms with Crippen molar-refractivity contribution in [2.24, 2.45) is 4.99 Å². The number of aromatic nitrogens is 1. The van der Waals surface area contributed by atoms with Gasteiger partial charge in [0.25, 0.3) is 11.2 Å². The highest BCUT2D eigenvalue weighted by atomic mass is 35.5. The van der Waals surface area contributed by atoms with Crippen molar-refractivity contribution in [3.63, 3.8) is 0 Å². The van der Waals surface area contributed by atoms with Crippen molar-refractivity contribution in [3.05, 3.63) is 134 Å². The van der Waals surface area contributed by atoms with Crippen LogP contribution in [0.2, 0.25) is 5.02 Å².